The van der Waals surface area contributed by atoms with Crippen LogP contribution in [-0.4, -0.2) is 58.5 Å². The van der Waals surface area contributed by atoms with E-state index < -0.39 is 5.60 Å². The van der Waals surface area contributed by atoms with Crippen molar-refractivity contribution >= 4 is 17.3 Å². The second kappa shape index (κ2) is 10.4. The van der Waals surface area contributed by atoms with Crippen LogP contribution in [0.5, 0.6) is 0 Å². The van der Waals surface area contributed by atoms with E-state index in [0.29, 0.717) is 6.04 Å². The molecule has 3 N–H and O–H groups in total. The molecule has 0 spiro atoms. The van der Waals surface area contributed by atoms with Crippen molar-refractivity contribution in [2.24, 2.45) is 18.0 Å². The summed E-state index contributed by atoms with van der Waals surface area (Å²) in [4.78, 5) is 8.65. The van der Waals surface area contributed by atoms with Gasteiger partial charge in [0.05, 0.1) is 18.8 Å². The summed E-state index contributed by atoms with van der Waals surface area (Å²) in [5.74, 6) is 1.54. The summed E-state index contributed by atoms with van der Waals surface area (Å²) >= 11 is 1.82. The van der Waals surface area contributed by atoms with E-state index in [1.807, 2.05) is 24.6 Å². The quantitative estimate of drug-likeness (QED) is 0.442. The summed E-state index contributed by atoms with van der Waals surface area (Å²) in [5, 5.41) is 24.0. The van der Waals surface area contributed by atoms with Gasteiger partial charge in [0.15, 0.2) is 5.96 Å². The Hall–Kier alpha value is -1.90. The van der Waals surface area contributed by atoms with Gasteiger partial charge in [0.1, 0.15) is 5.60 Å². The maximum atomic E-state index is 10.9. The van der Waals surface area contributed by atoms with Gasteiger partial charge in [0.25, 0.3) is 0 Å². The maximum absolute atomic E-state index is 10.9. The van der Waals surface area contributed by atoms with E-state index in [0.717, 1.165) is 43.6 Å². The Kier molecular flexibility index (Phi) is 7.91. The highest BCUT2D eigenvalue weighted by molar-refractivity contribution is 7.10. The van der Waals surface area contributed by atoms with Crippen LogP contribution < -0.4 is 10.6 Å². The van der Waals surface area contributed by atoms with Crippen molar-refractivity contribution in [3.8, 4) is 0 Å². The highest BCUT2D eigenvalue weighted by Gasteiger charge is 2.27. The molecule has 0 aliphatic carbocycles. The Balaban J connectivity index is 1.67. The zero-order valence-corrected chi connectivity index (χ0v) is 19.5. The number of guanidine groups is 1. The van der Waals surface area contributed by atoms with E-state index in [1.165, 1.54) is 17.7 Å². The number of nitrogens with one attached hydrogen (secondary N) is 2. The topological polar surface area (TPSA) is 77.7 Å². The summed E-state index contributed by atoms with van der Waals surface area (Å²) in [5.41, 5.74) is -0.296. The van der Waals surface area contributed by atoms with Crippen molar-refractivity contribution in [1.29, 1.82) is 0 Å². The molecule has 0 amide bonds. The zero-order valence-electron chi connectivity index (χ0n) is 18.6. The first-order chi connectivity index (χ1) is 14.4. The highest BCUT2D eigenvalue weighted by Crippen LogP contribution is 2.29. The lowest BCUT2D eigenvalue weighted by Crippen LogP contribution is -2.45. The van der Waals surface area contributed by atoms with Crippen LogP contribution in [0.15, 0.2) is 34.9 Å². The lowest BCUT2D eigenvalue weighted by Gasteiger charge is -2.36. The Morgan fingerprint density at radius 1 is 1.40 bits per heavy atom. The molecule has 3 heterocycles. The number of hydrogen-bond donors (Lipinski definition) is 3. The van der Waals surface area contributed by atoms with Gasteiger partial charge in [-0.05, 0) is 57.1 Å². The van der Waals surface area contributed by atoms with Gasteiger partial charge in [0.2, 0.25) is 0 Å². The smallest absolute Gasteiger partial charge is 0.191 e. The van der Waals surface area contributed by atoms with Gasteiger partial charge in [0, 0.05) is 36.8 Å². The Labute approximate surface area is 184 Å². The minimum atomic E-state index is -1.06. The Bertz CT molecular complexity index is 792. The van der Waals surface area contributed by atoms with Crippen LogP contribution in [0.3, 0.4) is 0 Å². The molecule has 2 atom stereocenters. The maximum Gasteiger partial charge on any atom is 0.191 e. The van der Waals surface area contributed by atoms with Gasteiger partial charge in [-0.15, -0.1) is 11.3 Å². The number of piperidine rings is 1. The van der Waals surface area contributed by atoms with E-state index in [2.05, 4.69) is 57.0 Å². The summed E-state index contributed by atoms with van der Waals surface area (Å²) in [6.45, 7) is 10.3. The van der Waals surface area contributed by atoms with Crippen LogP contribution in [0.2, 0.25) is 0 Å². The van der Waals surface area contributed by atoms with Crippen LogP contribution in [0, 0.1) is 5.92 Å². The molecule has 2 aromatic heterocycles. The molecule has 3 rings (SSSR count). The summed E-state index contributed by atoms with van der Waals surface area (Å²) in [7, 11) is 1.85. The fraction of sp³-hybridized carbons (Fsp3) is 0.636. The molecule has 166 valence electrons. The van der Waals surface area contributed by atoms with E-state index in [4.69, 9.17) is 0 Å². The van der Waals surface area contributed by atoms with Crippen molar-refractivity contribution in [3.63, 3.8) is 0 Å². The largest absolute Gasteiger partial charge is 0.383 e. The molecule has 0 radical (unpaired) electrons. The normalized spacial score (nSPS) is 19.4. The average Bonchev–Trinajstić information content (AvgIpc) is 3.40. The molecule has 0 saturated carbocycles. The van der Waals surface area contributed by atoms with Crippen LogP contribution >= 0.6 is 11.3 Å². The van der Waals surface area contributed by atoms with Crippen LogP contribution in [0.4, 0.5) is 0 Å². The molecular weight excluding hydrogens is 396 g/mol. The second-order valence-corrected chi connectivity index (χ2v) is 9.48. The number of rotatable bonds is 8. The van der Waals surface area contributed by atoms with Crippen molar-refractivity contribution in [3.05, 3.63) is 40.3 Å². The third kappa shape index (κ3) is 6.06. The van der Waals surface area contributed by atoms with Crippen molar-refractivity contribution < 1.29 is 5.11 Å². The Morgan fingerprint density at radius 3 is 2.77 bits per heavy atom. The second-order valence-electron chi connectivity index (χ2n) is 8.50. The summed E-state index contributed by atoms with van der Waals surface area (Å²) in [6.07, 6.45) is 6.04. The van der Waals surface area contributed by atoms with E-state index >= 15 is 0 Å². The number of aliphatic hydroxyl groups is 1. The van der Waals surface area contributed by atoms with E-state index in [9.17, 15) is 5.11 Å². The SMILES string of the molecule is CCNC(=NCC(C)(O)c1cnn(C)c1)NCC(c1cccs1)N1CCC(C)CC1. The average molecular weight is 433 g/mol. The van der Waals surface area contributed by atoms with Crippen LogP contribution in [0.1, 0.15) is 50.1 Å². The number of thiophene rings is 1. The van der Waals surface area contributed by atoms with Crippen molar-refractivity contribution in [1.82, 2.24) is 25.3 Å². The fourth-order valence-electron chi connectivity index (χ4n) is 3.79. The number of nitrogens with zero attached hydrogens (tertiary/aromatic N) is 4. The first-order valence-electron chi connectivity index (χ1n) is 10.9. The van der Waals surface area contributed by atoms with Crippen molar-refractivity contribution in [2.75, 3.05) is 32.7 Å². The minimum Gasteiger partial charge on any atom is -0.383 e. The van der Waals surface area contributed by atoms with Gasteiger partial charge in [-0.3, -0.25) is 9.58 Å². The molecule has 1 aliphatic rings. The molecule has 2 unspecified atom stereocenters. The summed E-state index contributed by atoms with van der Waals surface area (Å²) < 4.78 is 1.70. The number of aryl methyl sites for hydroxylation is 1. The molecule has 2 aromatic rings. The van der Waals surface area contributed by atoms with Gasteiger partial charge in [-0.2, -0.15) is 5.10 Å². The van der Waals surface area contributed by atoms with E-state index in [1.54, 1.807) is 17.8 Å². The fourth-order valence-corrected chi connectivity index (χ4v) is 4.65. The Morgan fingerprint density at radius 2 is 2.17 bits per heavy atom. The molecule has 1 aliphatic heterocycles. The summed E-state index contributed by atoms with van der Waals surface area (Å²) in [6, 6.07) is 4.69. The molecule has 0 aromatic carbocycles. The van der Waals surface area contributed by atoms with Gasteiger partial charge < -0.3 is 15.7 Å². The number of likely N-dealkylation sites (tertiary alicyclic amines) is 1. The molecular formula is C22H36N6OS. The molecule has 7 nitrogen and oxygen atoms in total. The molecule has 1 saturated heterocycles. The lowest BCUT2D eigenvalue weighted by atomic mass is 9.97. The standard InChI is InChI=1S/C22H36N6OS/c1-5-23-21(25-16-22(3,29)18-13-26-27(4)15-18)24-14-19(20-7-6-12-30-20)28-10-8-17(2)9-11-28/h6-7,12-13,15,17,19,29H,5,8-11,14,16H2,1-4H3,(H2,23,24,25). The zero-order chi connectivity index (χ0) is 21.6. The molecule has 0 bridgehead atoms. The minimum absolute atomic E-state index is 0.263. The first-order valence-corrected chi connectivity index (χ1v) is 11.8. The van der Waals surface area contributed by atoms with Gasteiger partial charge >= 0.3 is 0 Å². The van der Waals surface area contributed by atoms with Gasteiger partial charge in [-0.25, -0.2) is 4.99 Å². The third-order valence-electron chi connectivity index (χ3n) is 5.81. The monoisotopic (exact) mass is 432 g/mol. The predicted octanol–water partition coefficient (Wildman–Crippen LogP) is 2.72. The van der Waals surface area contributed by atoms with Gasteiger partial charge in [-0.1, -0.05) is 13.0 Å². The molecule has 8 heteroatoms. The molecule has 30 heavy (non-hydrogen) atoms. The van der Waals surface area contributed by atoms with Crippen molar-refractivity contribution in [2.45, 2.75) is 45.3 Å². The number of aromatic nitrogens is 2. The predicted molar refractivity (Wildman–Crippen MR) is 124 cm³/mol. The highest BCUT2D eigenvalue weighted by atomic mass is 32.1. The number of aliphatic imine (C=N–C) groups is 1. The van der Waals surface area contributed by atoms with E-state index in [-0.39, 0.29) is 6.54 Å². The lowest BCUT2D eigenvalue weighted by molar-refractivity contribution is 0.0671. The molecule has 1 fully saturated rings. The third-order valence-corrected chi connectivity index (χ3v) is 6.78. The number of hydrogen-bond acceptors (Lipinski definition) is 5. The van der Waals surface area contributed by atoms with Crippen LogP contribution in [-0.2, 0) is 12.6 Å². The first kappa shape index (κ1) is 22.8. The van der Waals surface area contributed by atoms with Crippen LogP contribution in [0.25, 0.3) is 0 Å².